The van der Waals surface area contributed by atoms with E-state index in [1.807, 2.05) is 0 Å². The van der Waals surface area contributed by atoms with Crippen LogP contribution in [0.2, 0.25) is 0 Å². The molecule has 0 bridgehead atoms. The molecular weight excluding hydrogens is 254 g/mol. The van der Waals surface area contributed by atoms with Gasteiger partial charge in [-0.1, -0.05) is 19.3 Å². The first-order chi connectivity index (χ1) is 9.32. The van der Waals surface area contributed by atoms with Gasteiger partial charge in [0.05, 0.1) is 6.61 Å². The molecule has 2 atom stereocenters. The predicted molar refractivity (Wildman–Crippen MR) is 82.6 cm³/mol. The van der Waals surface area contributed by atoms with E-state index in [0.29, 0.717) is 12.5 Å². The lowest BCUT2D eigenvalue weighted by Gasteiger charge is -2.35. The molecule has 0 aromatic rings. The van der Waals surface area contributed by atoms with Crippen molar-refractivity contribution >= 4 is 11.8 Å². The molecule has 0 heterocycles. The molecule has 0 aromatic carbocycles. The van der Waals surface area contributed by atoms with Gasteiger partial charge in [-0.25, -0.2) is 0 Å². The standard InChI is InChI=1S/C16H29NOS/c18-12-16(17-14-7-8-14)10-3-4-13(16)9-11-19-15-5-1-2-6-15/h13-15,17-18H,1-12H2. The molecule has 3 saturated carbocycles. The van der Waals surface area contributed by atoms with Crippen molar-refractivity contribution in [1.82, 2.24) is 5.32 Å². The smallest absolute Gasteiger partial charge is 0.0616 e. The normalized spacial score (nSPS) is 36.2. The van der Waals surface area contributed by atoms with Gasteiger partial charge in [-0.2, -0.15) is 11.8 Å². The maximum absolute atomic E-state index is 9.91. The van der Waals surface area contributed by atoms with Crippen LogP contribution in [-0.4, -0.2) is 34.3 Å². The molecule has 0 amide bonds. The van der Waals surface area contributed by atoms with E-state index in [1.54, 1.807) is 0 Å². The van der Waals surface area contributed by atoms with Crippen molar-refractivity contribution in [3.05, 3.63) is 0 Å². The van der Waals surface area contributed by atoms with Gasteiger partial charge in [-0.3, -0.25) is 0 Å². The van der Waals surface area contributed by atoms with Crippen LogP contribution in [0, 0.1) is 5.92 Å². The average molecular weight is 283 g/mol. The summed E-state index contributed by atoms with van der Waals surface area (Å²) in [6.45, 7) is 0.349. The van der Waals surface area contributed by atoms with Crippen LogP contribution in [-0.2, 0) is 0 Å². The van der Waals surface area contributed by atoms with E-state index in [2.05, 4.69) is 17.1 Å². The summed E-state index contributed by atoms with van der Waals surface area (Å²) >= 11 is 2.21. The molecule has 2 unspecified atom stereocenters. The van der Waals surface area contributed by atoms with Crippen LogP contribution >= 0.6 is 11.8 Å². The topological polar surface area (TPSA) is 32.3 Å². The molecule has 2 nitrogen and oxygen atoms in total. The van der Waals surface area contributed by atoms with E-state index in [4.69, 9.17) is 0 Å². The average Bonchev–Trinajstić information content (AvgIpc) is 2.92. The maximum Gasteiger partial charge on any atom is 0.0616 e. The largest absolute Gasteiger partial charge is 0.394 e. The summed E-state index contributed by atoms with van der Waals surface area (Å²) in [6.07, 6.45) is 13.6. The lowest BCUT2D eigenvalue weighted by atomic mass is 9.85. The Morgan fingerprint density at radius 2 is 1.84 bits per heavy atom. The highest BCUT2D eigenvalue weighted by atomic mass is 32.2. The van der Waals surface area contributed by atoms with E-state index in [9.17, 15) is 5.11 Å². The first kappa shape index (κ1) is 14.2. The number of nitrogens with one attached hydrogen (secondary N) is 1. The number of aliphatic hydroxyl groups excluding tert-OH is 1. The summed E-state index contributed by atoms with van der Waals surface area (Å²) in [7, 11) is 0. The molecule has 19 heavy (non-hydrogen) atoms. The molecule has 3 fully saturated rings. The molecule has 3 aliphatic carbocycles. The van der Waals surface area contributed by atoms with Crippen molar-refractivity contribution in [3.63, 3.8) is 0 Å². The Labute approximate surface area is 122 Å². The van der Waals surface area contributed by atoms with Gasteiger partial charge >= 0.3 is 0 Å². The summed E-state index contributed by atoms with van der Waals surface area (Å²) in [5, 5.41) is 14.6. The van der Waals surface area contributed by atoms with Gasteiger partial charge in [0.1, 0.15) is 0 Å². The molecule has 0 aliphatic heterocycles. The van der Waals surface area contributed by atoms with Gasteiger partial charge in [0.15, 0.2) is 0 Å². The van der Waals surface area contributed by atoms with E-state index in [1.165, 1.54) is 70.0 Å². The van der Waals surface area contributed by atoms with Crippen molar-refractivity contribution in [3.8, 4) is 0 Å². The van der Waals surface area contributed by atoms with Gasteiger partial charge in [0, 0.05) is 16.8 Å². The Bertz CT molecular complexity index is 288. The molecule has 3 rings (SSSR count). The van der Waals surface area contributed by atoms with Crippen molar-refractivity contribution in [2.75, 3.05) is 12.4 Å². The zero-order chi connectivity index (χ0) is 13.1. The van der Waals surface area contributed by atoms with Crippen molar-refractivity contribution in [2.45, 2.75) is 81.0 Å². The Morgan fingerprint density at radius 1 is 1.05 bits per heavy atom. The van der Waals surface area contributed by atoms with E-state index < -0.39 is 0 Å². The zero-order valence-electron chi connectivity index (χ0n) is 12.1. The monoisotopic (exact) mass is 283 g/mol. The van der Waals surface area contributed by atoms with E-state index in [-0.39, 0.29) is 5.54 Å². The molecule has 0 aromatic heterocycles. The lowest BCUT2D eigenvalue weighted by Crippen LogP contribution is -2.52. The predicted octanol–water partition coefficient (Wildman–Crippen LogP) is 3.34. The summed E-state index contributed by atoms with van der Waals surface area (Å²) in [6, 6.07) is 0.718. The van der Waals surface area contributed by atoms with Crippen molar-refractivity contribution in [1.29, 1.82) is 0 Å². The summed E-state index contributed by atoms with van der Waals surface area (Å²) in [4.78, 5) is 0. The second kappa shape index (κ2) is 6.36. The number of hydrogen-bond donors (Lipinski definition) is 2. The van der Waals surface area contributed by atoms with Gasteiger partial charge in [-0.05, 0) is 56.6 Å². The number of rotatable bonds is 7. The molecule has 3 aliphatic rings. The zero-order valence-corrected chi connectivity index (χ0v) is 12.9. The van der Waals surface area contributed by atoms with Crippen LogP contribution in [0.25, 0.3) is 0 Å². The fourth-order valence-corrected chi connectivity index (χ4v) is 5.50. The first-order valence-electron chi connectivity index (χ1n) is 8.32. The second-order valence-electron chi connectivity index (χ2n) is 6.89. The van der Waals surface area contributed by atoms with Crippen LogP contribution in [0.15, 0.2) is 0 Å². The highest BCUT2D eigenvalue weighted by molar-refractivity contribution is 7.99. The van der Waals surface area contributed by atoms with E-state index in [0.717, 1.165) is 11.3 Å². The molecule has 2 N–H and O–H groups in total. The fraction of sp³-hybridized carbons (Fsp3) is 1.00. The molecule has 3 heteroatoms. The van der Waals surface area contributed by atoms with Gasteiger partial charge in [0.2, 0.25) is 0 Å². The summed E-state index contributed by atoms with van der Waals surface area (Å²) < 4.78 is 0. The Hall–Kier alpha value is 0.270. The third-order valence-corrected chi connectivity index (χ3v) is 6.84. The molecule has 0 spiro atoms. The maximum atomic E-state index is 9.91. The highest BCUT2D eigenvalue weighted by Gasteiger charge is 2.44. The van der Waals surface area contributed by atoms with Gasteiger partial charge < -0.3 is 10.4 Å². The van der Waals surface area contributed by atoms with Crippen molar-refractivity contribution < 1.29 is 5.11 Å². The molecular formula is C16H29NOS. The first-order valence-corrected chi connectivity index (χ1v) is 9.37. The number of hydrogen-bond acceptors (Lipinski definition) is 3. The number of aliphatic hydroxyl groups is 1. The quantitative estimate of drug-likeness (QED) is 0.751. The Morgan fingerprint density at radius 3 is 2.53 bits per heavy atom. The fourth-order valence-electron chi connectivity index (χ4n) is 4.07. The van der Waals surface area contributed by atoms with Crippen LogP contribution < -0.4 is 5.32 Å². The van der Waals surface area contributed by atoms with E-state index >= 15 is 0 Å². The number of thioether (sulfide) groups is 1. The molecule has 110 valence electrons. The third-order valence-electron chi connectivity index (χ3n) is 5.43. The Kier molecular flexibility index (Phi) is 4.76. The highest BCUT2D eigenvalue weighted by Crippen LogP contribution is 2.41. The minimum absolute atomic E-state index is 0.0808. The molecule has 0 saturated heterocycles. The second-order valence-corrected chi connectivity index (χ2v) is 8.30. The van der Waals surface area contributed by atoms with Gasteiger partial charge in [0.25, 0.3) is 0 Å². The summed E-state index contributed by atoms with van der Waals surface area (Å²) in [5.74, 6) is 2.02. The van der Waals surface area contributed by atoms with Crippen molar-refractivity contribution in [2.24, 2.45) is 5.92 Å². The van der Waals surface area contributed by atoms with Crippen LogP contribution in [0.1, 0.15) is 64.2 Å². The minimum Gasteiger partial charge on any atom is -0.394 e. The third kappa shape index (κ3) is 3.48. The molecule has 0 radical (unpaired) electrons. The SMILES string of the molecule is OCC1(NC2CC2)CCCC1CCSC1CCCC1. The van der Waals surface area contributed by atoms with Gasteiger partial charge in [-0.15, -0.1) is 0 Å². The Balaban J connectivity index is 1.47. The van der Waals surface area contributed by atoms with Crippen LogP contribution in [0.4, 0.5) is 0 Å². The lowest BCUT2D eigenvalue weighted by molar-refractivity contribution is 0.120. The van der Waals surface area contributed by atoms with Crippen LogP contribution in [0.3, 0.4) is 0 Å². The minimum atomic E-state index is 0.0808. The van der Waals surface area contributed by atoms with Crippen LogP contribution in [0.5, 0.6) is 0 Å². The summed E-state index contributed by atoms with van der Waals surface area (Å²) in [5.41, 5.74) is 0.0808.